The van der Waals surface area contributed by atoms with Gasteiger partial charge in [0.2, 0.25) is 5.91 Å². The molecule has 3 heterocycles. The summed E-state index contributed by atoms with van der Waals surface area (Å²) in [6.45, 7) is 5.92. The van der Waals surface area contributed by atoms with Crippen molar-refractivity contribution in [2.45, 2.75) is 51.6 Å². The van der Waals surface area contributed by atoms with Gasteiger partial charge < -0.3 is 21.1 Å². The van der Waals surface area contributed by atoms with Crippen molar-refractivity contribution in [2.75, 3.05) is 36.1 Å². The number of nitrogen functional groups attached to an aromatic ring is 1. The second-order valence-corrected chi connectivity index (χ2v) is 8.01. The van der Waals surface area contributed by atoms with Crippen molar-refractivity contribution in [3.63, 3.8) is 0 Å². The number of unbranched alkanes of at least 4 members (excludes halogenated alkanes) is 1. The highest BCUT2D eigenvalue weighted by Gasteiger charge is 2.29. The molecule has 4 N–H and O–H groups in total. The Bertz CT molecular complexity index is 897. The molecule has 0 radical (unpaired) electrons. The quantitative estimate of drug-likeness (QED) is 0.575. The zero-order chi connectivity index (χ0) is 20.9. The van der Waals surface area contributed by atoms with Crippen molar-refractivity contribution in [3.8, 4) is 6.01 Å². The van der Waals surface area contributed by atoms with Crippen molar-refractivity contribution < 1.29 is 9.53 Å². The van der Waals surface area contributed by atoms with E-state index in [0.29, 0.717) is 24.5 Å². The SMILES string of the molecule is CCCCOc1nc(N)c2c(n1)NC(Cc1cccc(CN3CCCC3)c1)C(=O)N2. The van der Waals surface area contributed by atoms with Gasteiger partial charge in [-0.3, -0.25) is 9.69 Å². The second kappa shape index (κ2) is 9.30. The van der Waals surface area contributed by atoms with E-state index in [1.165, 1.54) is 18.4 Å². The number of hydrogen-bond donors (Lipinski definition) is 3. The van der Waals surface area contributed by atoms with Crippen LogP contribution in [0.4, 0.5) is 17.3 Å². The molecule has 1 saturated heterocycles. The molecule has 2 aliphatic heterocycles. The average molecular weight is 411 g/mol. The number of amides is 1. The number of hydrogen-bond acceptors (Lipinski definition) is 7. The summed E-state index contributed by atoms with van der Waals surface area (Å²) in [7, 11) is 0. The molecular formula is C22H30N6O2. The van der Waals surface area contributed by atoms with Gasteiger partial charge in [-0.05, 0) is 43.5 Å². The molecule has 1 aromatic carbocycles. The molecule has 1 unspecified atom stereocenters. The molecule has 0 spiro atoms. The summed E-state index contributed by atoms with van der Waals surface area (Å²) in [4.78, 5) is 23.7. The van der Waals surface area contributed by atoms with Crippen LogP contribution < -0.4 is 21.1 Å². The summed E-state index contributed by atoms with van der Waals surface area (Å²) >= 11 is 0. The number of aromatic nitrogens is 2. The molecule has 2 aliphatic rings. The first-order valence-corrected chi connectivity index (χ1v) is 10.8. The normalized spacial score (nSPS) is 18.6. The lowest BCUT2D eigenvalue weighted by molar-refractivity contribution is -0.117. The van der Waals surface area contributed by atoms with E-state index >= 15 is 0 Å². The van der Waals surface area contributed by atoms with E-state index in [9.17, 15) is 4.79 Å². The van der Waals surface area contributed by atoms with Crippen molar-refractivity contribution in [1.82, 2.24) is 14.9 Å². The molecule has 1 aromatic heterocycles. The summed E-state index contributed by atoms with van der Waals surface area (Å²) in [6, 6.07) is 8.27. The molecule has 8 nitrogen and oxygen atoms in total. The van der Waals surface area contributed by atoms with Gasteiger partial charge in [-0.25, -0.2) is 0 Å². The Balaban J connectivity index is 1.45. The van der Waals surface area contributed by atoms with Crippen LogP contribution in [0, 0.1) is 0 Å². The van der Waals surface area contributed by atoms with E-state index in [0.717, 1.165) is 38.0 Å². The third-order valence-electron chi connectivity index (χ3n) is 5.56. The Morgan fingerprint density at radius 2 is 2.03 bits per heavy atom. The average Bonchev–Trinajstić information content (AvgIpc) is 3.23. The smallest absolute Gasteiger partial charge is 0.320 e. The van der Waals surface area contributed by atoms with Gasteiger partial charge in [0.05, 0.1) is 6.61 Å². The maximum absolute atomic E-state index is 12.6. The van der Waals surface area contributed by atoms with E-state index in [2.05, 4.69) is 56.7 Å². The fourth-order valence-corrected chi connectivity index (χ4v) is 3.93. The van der Waals surface area contributed by atoms with Crippen molar-refractivity contribution in [2.24, 2.45) is 0 Å². The Labute approximate surface area is 177 Å². The standard InChI is InChI=1S/C22H30N6O2/c1-2-3-11-30-22-26-19(23)18-20(27-22)24-17(21(29)25-18)13-15-7-6-8-16(12-15)14-28-9-4-5-10-28/h6-8,12,17H,2-5,9-11,13-14H2,1H3,(H,25,29)(H3,23,24,26,27). The van der Waals surface area contributed by atoms with Crippen LogP contribution in [0.5, 0.6) is 6.01 Å². The molecule has 8 heteroatoms. The van der Waals surface area contributed by atoms with Gasteiger partial charge in [0.15, 0.2) is 11.6 Å². The van der Waals surface area contributed by atoms with Crippen LogP contribution in [0.1, 0.15) is 43.7 Å². The van der Waals surface area contributed by atoms with E-state index in [4.69, 9.17) is 10.5 Å². The lowest BCUT2D eigenvalue weighted by atomic mass is 10.0. The summed E-state index contributed by atoms with van der Waals surface area (Å²) in [5.41, 5.74) is 8.83. The molecule has 1 atom stereocenters. The van der Waals surface area contributed by atoms with Gasteiger partial charge in [-0.2, -0.15) is 9.97 Å². The number of carbonyl (C=O) groups excluding carboxylic acids is 1. The predicted octanol–water partition coefficient (Wildman–Crippen LogP) is 2.81. The molecule has 160 valence electrons. The minimum absolute atomic E-state index is 0.137. The molecule has 30 heavy (non-hydrogen) atoms. The molecule has 1 amide bonds. The maximum atomic E-state index is 12.6. The molecule has 0 aliphatic carbocycles. The van der Waals surface area contributed by atoms with Gasteiger partial charge in [0.25, 0.3) is 0 Å². The lowest BCUT2D eigenvalue weighted by Gasteiger charge is -2.27. The number of fused-ring (bicyclic) bond motifs is 1. The van der Waals surface area contributed by atoms with Crippen LogP contribution in [-0.4, -0.2) is 46.5 Å². The maximum Gasteiger partial charge on any atom is 0.320 e. The van der Waals surface area contributed by atoms with Crippen LogP contribution in [0.2, 0.25) is 0 Å². The van der Waals surface area contributed by atoms with E-state index in [1.807, 2.05) is 0 Å². The van der Waals surface area contributed by atoms with Crippen molar-refractivity contribution in [3.05, 3.63) is 35.4 Å². The summed E-state index contributed by atoms with van der Waals surface area (Å²) < 4.78 is 5.59. The second-order valence-electron chi connectivity index (χ2n) is 8.01. The van der Waals surface area contributed by atoms with Gasteiger partial charge in [0.1, 0.15) is 11.7 Å². The molecule has 2 aromatic rings. The number of ether oxygens (including phenoxy) is 1. The highest BCUT2D eigenvalue weighted by molar-refractivity contribution is 6.04. The van der Waals surface area contributed by atoms with Crippen LogP contribution in [0.25, 0.3) is 0 Å². The number of benzene rings is 1. The van der Waals surface area contributed by atoms with Gasteiger partial charge in [0, 0.05) is 13.0 Å². The monoisotopic (exact) mass is 410 g/mol. The predicted molar refractivity (Wildman–Crippen MR) is 118 cm³/mol. The highest BCUT2D eigenvalue weighted by atomic mass is 16.5. The van der Waals surface area contributed by atoms with Gasteiger partial charge in [-0.15, -0.1) is 0 Å². The zero-order valence-electron chi connectivity index (χ0n) is 17.5. The summed E-state index contributed by atoms with van der Waals surface area (Å²) in [6.07, 6.45) is 5.06. The minimum atomic E-state index is -0.433. The molecular weight excluding hydrogens is 380 g/mol. The number of carbonyl (C=O) groups is 1. The van der Waals surface area contributed by atoms with Gasteiger partial charge in [-0.1, -0.05) is 37.6 Å². The Hall–Kier alpha value is -2.87. The van der Waals surface area contributed by atoms with Crippen LogP contribution in [0.15, 0.2) is 24.3 Å². The highest BCUT2D eigenvalue weighted by Crippen LogP contribution is 2.32. The zero-order valence-corrected chi connectivity index (χ0v) is 17.5. The lowest BCUT2D eigenvalue weighted by Crippen LogP contribution is -2.41. The van der Waals surface area contributed by atoms with E-state index in [-0.39, 0.29) is 17.7 Å². The minimum Gasteiger partial charge on any atom is -0.463 e. The van der Waals surface area contributed by atoms with Crippen LogP contribution >= 0.6 is 0 Å². The number of rotatable bonds is 8. The summed E-state index contributed by atoms with van der Waals surface area (Å²) in [5.74, 6) is 0.577. The fraction of sp³-hybridized carbons (Fsp3) is 0.500. The molecule has 4 rings (SSSR count). The Morgan fingerprint density at radius 1 is 1.23 bits per heavy atom. The first-order valence-electron chi connectivity index (χ1n) is 10.8. The van der Waals surface area contributed by atoms with Gasteiger partial charge >= 0.3 is 6.01 Å². The Morgan fingerprint density at radius 3 is 2.83 bits per heavy atom. The third kappa shape index (κ3) is 4.81. The van der Waals surface area contributed by atoms with Crippen LogP contribution in [-0.2, 0) is 17.8 Å². The first-order chi connectivity index (χ1) is 14.6. The number of nitrogens with one attached hydrogen (secondary N) is 2. The third-order valence-corrected chi connectivity index (χ3v) is 5.56. The van der Waals surface area contributed by atoms with E-state index < -0.39 is 6.04 Å². The van der Waals surface area contributed by atoms with Crippen molar-refractivity contribution >= 4 is 23.2 Å². The van der Waals surface area contributed by atoms with Crippen LogP contribution in [0.3, 0.4) is 0 Å². The number of nitrogens with two attached hydrogens (primary N) is 1. The number of anilines is 3. The number of likely N-dealkylation sites (tertiary alicyclic amines) is 1. The first kappa shape index (κ1) is 20.4. The molecule has 1 fully saturated rings. The molecule has 0 bridgehead atoms. The summed E-state index contributed by atoms with van der Waals surface area (Å²) in [5, 5.41) is 6.08. The van der Waals surface area contributed by atoms with Crippen molar-refractivity contribution in [1.29, 1.82) is 0 Å². The Kier molecular flexibility index (Phi) is 6.32. The molecule has 0 saturated carbocycles. The number of nitrogens with zero attached hydrogens (tertiary/aromatic N) is 3. The fourth-order valence-electron chi connectivity index (χ4n) is 3.93. The topological polar surface area (TPSA) is 105 Å². The van der Waals surface area contributed by atoms with E-state index in [1.54, 1.807) is 0 Å². The largest absolute Gasteiger partial charge is 0.463 e.